The SMILES string of the molecule is Cn1cc(/C=C(\CC(=O)O)c2nc3ccccc3s2)c(-c2ccc(Cl)nc2)n1. The number of fused-ring (bicyclic) bond motifs is 1. The molecule has 0 aliphatic heterocycles. The molecule has 0 aliphatic carbocycles. The molecule has 8 heteroatoms. The van der Waals surface area contributed by atoms with Crippen LogP contribution in [-0.2, 0) is 11.8 Å². The summed E-state index contributed by atoms with van der Waals surface area (Å²) in [6.45, 7) is 0. The summed E-state index contributed by atoms with van der Waals surface area (Å²) in [5.41, 5.74) is 3.78. The van der Waals surface area contributed by atoms with Gasteiger partial charge in [-0.3, -0.25) is 9.48 Å². The number of carbonyl (C=O) groups is 1. The van der Waals surface area contributed by atoms with Crippen molar-refractivity contribution >= 4 is 50.8 Å². The largest absolute Gasteiger partial charge is 0.481 e. The maximum absolute atomic E-state index is 11.5. The number of aryl methyl sites for hydroxylation is 1. The number of carboxylic acids is 1. The number of hydrogen-bond acceptors (Lipinski definition) is 5. The molecule has 0 saturated carbocycles. The lowest BCUT2D eigenvalue weighted by molar-refractivity contribution is -0.135. The average Bonchev–Trinajstić information content (AvgIpc) is 3.25. The molecular formula is C20H15ClN4O2S. The third-order valence-corrected chi connectivity index (χ3v) is 5.43. The van der Waals surface area contributed by atoms with Crippen LogP contribution >= 0.6 is 22.9 Å². The number of pyridine rings is 1. The van der Waals surface area contributed by atoms with Crippen LogP contribution in [0.5, 0.6) is 0 Å². The monoisotopic (exact) mass is 410 g/mol. The molecule has 0 aliphatic rings. The summed E-state index contributed by atoms with van der Waals surface area (Å²) >= 11 is 7.36. The van der Waals surface area contributed by atoms with Crippen LogP contribution in [0.3, 0.4) is 0 Å². The maximum atomic E-state index is 11.5. The fourth-order valence-electron chi connectivity index (χ4n) is 2.90. The van der Waals surface area contributed by atoms with Crippen LogP contribution in [0.15, 0.2) is 48.8 Å². The number of nitrogens with zero attached hydrogens (tertiary/aromatic N) is 4. The van der Waals surface area contributed by atoms with Gasteiger partial charge in [0.15, 0.2) is 0 Å². The van der Waals surface area contributed by atoms with Crippen LogP contribution in [0.1, 0.15) is 17.0 Å². The quantitative estimate of drug-likeness (QED) is 0.480. The first-order chi connectivity index (χ1) is 13.5. The van der Waals surface area contributed by atoms with Gasteiger partial charge in [-0.2, -0.15) is 5.10 Å². The van der Waals surface area contributed by atoms with Gasteiger partial charge in [-0.15, -0.1) is 11.3 Å². The summed E-state index contributed by atoms with van der Waals surface area (Å²) in [7, 11) is 1.82. The van der Waals surface area contributed by atoms with E-state index in [1.807, 2.05) is 49.7 Å². The second-order valence-electron chi connectivity index (χ2n) is 6.20. The smallest absolute Gasteiger partial charge is 0.307 e. The number of halogens is 1. The molecule has 0 bridgehead atoms. The Hall–Kier alpha value is -3.03. The summed E-state index contributed by atoms with van der Waals surface area (Å²) in [6.07, 6.45) is 5.20. The van der Waals surface area contributed by atoms with Crippen molar-refractivity contribution in [2.75, 3.05) is 0 Å². The number of rotatable bonds is 5. The van der Waals surface area contributed by atoms with Gasteiger partial charge in [0.05, 0.1) is 16.6 Å². The van der Waals surface area contributed by atoms with Gasteiger partial charge in [0.2, 0.25) is 0 Å². The molecule has 4 rings (SSSR count). The Bertz CT molecular complexity index is 1160. The standard InChI is InChI=1S/C20H15ClN4O2S/c1-25-11-14(19(24-25)12-6-7-17(21)22-10-12)8-13(9-18(26)27)20-23-15-4-2-3-5-16(15)28-20/h2-8,10-11H,9H2,1H3,(H,26,27)/b13-8+. The van der Waals surface area contributed by atoms with Gasteiger partial charge in [0.25, 0.3) is 0 Å². The van der Waals surface area contributed by atoms with Crippen molar-refractivity contribution in [2.24, 2.45) is 7.05 Å². The van der Waals surface area contributed by atoms with E-state index in [0.29, 0.717) is 21.4 Å². The third-order valence-electron chi connectivity index (χ3n) is 4.10. The Morgan fingerprint density at radius 3 is 2.82 bits per heavy atom. The molecule has 1 N–H and O–H groups in total. The molecule has 0 spiro atoms. The predicted molar refractivity (Wildman–Crippen MR) is 111 cm³/mol. The summed E-state index contributed by atoms with van der Waals surface area (Å²) in [6, 6.07) is 11.3. The van der Waals surface area contributed by atoms with Crippen molar-refractivity contribution in [3.05, 3.63) is 64.5 Å². The normalized spacial score (nSPS) is 11.9. The molecule has 0 atom stereocenters. The second kappa shape index (κ2) is 7.53. The van der Waals surface area contributed by atoms with Crippen molar-refractivity contribution in [3.63, 3.8) is 0 Å². The number of thiazole rings is 1. The fourth-order valence-corrected chi connectivity index (χ4v) is 3.99. The fraction of sp³-hybridized carbons (Fsp3) is 0.100. The van der Waals surface area contributed by atoms with Crippen molar-refractivity contribution in [3.8, 4) is 11.3 Å². The van der Waals surface area contributed by atoms with E-state index in [9.17, 15) is 9.90 Å². The highest BCUT2D eigenvalue weighted by molar-refractivity contribution is 7.19. The van der Waals surface area contributed by atoms with Gasteiger partial charge >= 0.3 is 5.97 Å². The first-order valence-corrected chi connectivity index (χ1v) is 9.63. The summed E-state index contributed by atoms with van der Waals surface area (Å²) in [5, 5.41) is 15.0. The molecular weight excluding hydrogens is 396 g/mol. The molecule has 3 heterocycles. The molecule has 0 amide bonds. The Balaban J connectivity index is 1.83. The van der Waals surface area contributed by atoms with Gasteiger partial charge in [-0.1, -0.05) is 23.7 Å². The van der Waals surface area contributed by atoms with Crippen LogP contribution in [0.25, 0.3) is 33.1 Å². The van der Waals surface area contributed by atoms with E-state index in [1.165, 1.54) is 11.3 Å². The van der Waals surface area contributed by atoms with Crippen molar-refractivity contribution in [1.82, 2.24) is 19.7 Å². The highest BCUT2D eigenvalue weighted by Crippen LogP contribution is 2.32. The molecule has 3 aromatic heterocycles. The molecule has 0 radical (unpaired) electrons. The molecule has 1 aromatic carbocycles. The summed E-state index contributed by atoms with van der Waals surface area (Å²) in [4.78, 5) is 20.2. The lowest BCUT2D eigenvalue weighted by Gasteiger charge is -2.03. The van der Waals surface area contributed by atoms with Crippen LogP contribution in [-0.4, -0.2) is 30.8 Å². The molecule has 140 valence electrons. The number of benzene rings is 1. The van der Waals surface area contributed by atoms with E-state index in [2.05, 4.69) is 15.1 Å². The van der Waals surface area contributed by atoms with Gasteiger partial charge in [0, 0.05) is 30.6 Å². The lowest BCUT2D eigenvalue weighted by Crippen LogP contribution is -1.97. The zero-order valence-corrected chi connectivity index (χ0v) is 16.4. The summed E-state index contributed by atoms with van der Waals surface area (Å²) < 4.78 is 2.70. The van der Waals surface area contributed by atoms with E-state index in [0.717, 1.165) is 21.3 Å². The van der Waals surface area contributed by atoms with Crippen LogP contribution in [0, 0.1) is 0 Å². The summed E-state index contributed by atoms with van der Waals surface area (Å²) in [5.74, 6) is -0.913. The molecule has 0 fully saturated rings. The minimum absolute atomic E-state index is 0.132. The van der Waals surface area contributed by atoms with Crippen LogP contribution < -0.4 is 0 Å². The van der Waals surface area contributed by atoms with Gasteiger partial charge in [-0.05, 0) is 35.9 Å². The van der Waals surface area contributed by atoms with Crippen molar-refractivity contribution in [1.29, 1.82) is 0 Å². The zero-order chi connectivity index (χ0) is 19.7. The van der Waals surface area contributed by atoms with Crippen LogP contribution in [0.2, 0.25) is 5.15 Å². The van der Waals surface area contributed by atoms with E-state index in [1.54, 1.807) is 16.9 Å². The number of aromatic nitrogens is 4. The minimum Gasteiger partial charge on any atom is -0.481 e. The number of carboxylic acid groups (broad SMARTS) is 1. The minimum atomic E-state index is -0.913. The van der Waals surface area contributed by atoms with Crippen molar-refractivity contribution < 1.29 is 9.90 Å². The first-order valence-electron chi connectivity index (χ1n) is 8.43. The van der Waals surface area contributed by atoms with E-state index >= 15 is 0 Å². The Morgan fingerprint density at radius 2 is 2.11 bits per heavy atom. The van der Waals surface area contributed by atoms with Gasteiger partial charge in [-0.25, -0.2) is 9.97 Å². The van der Waals surface area contributed by atoms with Crippen molar-refractivity contribution in [2.45, 2.75) is 6.42 Å². The molecule has 0 saturated heterocycles. The predicted octanol–water partition coefficient (Wildman–Crippen LogP) is 4.76. The highest BCUT2D eigenvalue weighted by atomic mass is 35.5. The van der Waals surface area contributed by atoms with E-state index in [-0.39, 0.29) is 6.42 Å². The molecule has 0 unspecified atom stereocenters. The maximum Gasteiger partial charge on any atom is 0.307 e. The first kappa shape index (κ1) is 18.3. The number of para-hydroxylation sites is 1. The number of hydrogen-bond donors (Lipinski definition) is 1. The lowest BCUT2D eigenvalue weighted by atomic mass is 10.1. The van der Waals surface area contributed by atoms with Gasteiger partial charge < -0.3 is 5.11 Å². The van der Waals surface area contributed by atoms with Crippen LogP contribution in [0.4, 0.5) is 0 Å². The molecule has 6 nitrogen and oxygen atoms in total. The number of aliphatic carboxylic acids is 1. The third kappa shape index (κ3) is 3.81. The highest BCUT2D eigenvalue weighted by Gasteiger charge is 2.16. The second-order valence-corrected chi connectivity index (χ2v) is 7.62. The Labute approximate surface area is 169 Å². The molecule has 4 aromatic rings. The average molecular weight is 411 g/mol. The topological polar surface area (TPSA) is 80.9 Å². The Kier molecular flexibility index (Phi) is 4.93. The van der Waals surface area contributed by atoms with E-state index in [4.69, 9.17) is 11.6 Å². The van der Waals surface area contributed by atoms with Gasteiger partial charge in [0.1, 0.15) is 15.9 Å². The molecule has 28 heavy (non-hydrogen) atoms. The Morgan fingerprint density at radius 1 is 1.29 bits per heavy atom. The zero-order valence-electron chi connectivity index (χ0n) is 14.8. The van der Waals surface area contributed by atoms with E-state index < -0.39 is 5.97 Å².